The van der Waals surface area contributed by atoms with Crippen LogP contribution in [0.15, 0.2) is 36.5 Å². The zero-order valence-electron chi connectivity index (χ0n) is 36.7. The van der Waals surface area contributed by atoms with Crippen LogP contribution in [0.2, 0.25) is 0 Å². The maximum Gasteiger partial charge on any atom is 0.220 e. The van der Waals surface area contributed by atoms with Gasteiger partial charge in [-0.3, -0.25) is 4.79 Å². The summed E-state index contributed by atoms with van der Waals surface area (Å²) in [7, 11) is 0. The number of carbonyl (C=O) groups excluding carboxylic acids is 1. The number of aliphatic hydroxyl groups is 8. The van der Waals surface area contributed by atoms with Crippen molar-refractivity contribution in [2.75, 3.05) is 19.8 Å². The molecule has 0 aromatic rings. The first kappa shape index (κ1) is 54.3. The third kappa shape index (κ3) is 21.5. The lowest BCUT2D eigenvalue weighted by Gasteiger charge is -2.46. The average Bonchev–Trinajstić information content (AvgIpc) is 3.24. The van der Waals surface area contributed by atoms with Crippen LogP contribution in [0, 0.1) is 0 Å². The molecular weight excluding hydrogens is 774 g/mol. The SMILES string of the molecule is CCCCCCC/C=C/CC/C=C/C(O)C(COC1OC(CO)C(OC2OC(CO)C(O)C(O)C2O)C(O)C1O)NC(=O)CCCCCCC/C=C\CCCCCCCC. The monoisotopic (exact) mass is 858 g/mol. The molecule has 0 saturated carbocycles. The Bertz CT molecular complexity index is 1150. The summed E-state index contributed by atoms with van der Waals surface area (Å²) in [5.41, 5.74) is 0. The highest BCUT2D eigenvalue weighted by Crippen LogP contribution is 2.30. The van der Waals surface area contributed by atoms with E-state index in [1.807, 2.05) is 6.08 Å². The maximum atomic E-state index is 13.1. The lowest BCUT2D eigenvalue weighted by atomic mass is 9.97. The molecule has 14 heteroatoms. The Morgan fingerprint density at radius 2 is 1.07 bits per heavy atom. The number of aliphatic hydroxyl groups excluding tert-OH is 8. The number of rotatable bonds is 34. The quantitative estimate of drug-likeness (QED) is 0.0315. The van der Waals surface area contributed by atoms with Gasteiger partial charge in [0.1, 0.15) is 48.8 Å². The van der Waals surface area contributed by atoms with E-state index in [9.17, 15) is 45.6 Å². The molecule has 0 aromatic carbocycles. The van der Waals surface area contributed by atoms with Crippen molar-refractivity contribution in [2.45, 2.75) is 229 Å². The zero-order valence-corrected chi connectivity index (χ0v) is 36.7. The minimum atomic E-state index is -1.79. The number of unbranched alkanes of at least 4 members (excludes halogenated alkanes) is 17. The van der Waals surface area contributed by atoms with Gasteiger partial charge in [0.05, 0.1) is 32.0 Å². The van der Waals surface area contributed by atoms with Crippen molar-refractivity contribution >= 4 is 5.91 Å². The van der Waals surface area contributed by atoms with E-state index in [4.69, 9.17) is 18.9 Å². The fourth-order valence-corrected chi connectivity index (χ4v) is 7.42. The van der Waals surface area contributed by atoms with Crippen LogP contribution in [0.4, 0.5) is 0 Å². The van der Waals surface area contributed by atoms with Crippen LogP contribution in [0.5, 0.6) is 0 Å². The second-order valence-electron chi connectivity index (χ2n) is 16.5. The highest BCUT2D eigenvalue weighted by Gasteiger charge is 2.50. The van der Waals surface area contributed by atoms with Gasteiger partial charge in [-0.25, -0.2) is 0 Å². The molecule has 2 saturated heterocycles. The molecule has 9 N–H and O–H groups in total. The number of amides is 1. The molecule has 0 spiro atoms. The van der Waals surface area contributed by atoms with Crippen molar-refractivity contribution in [3.63, 3.8) is 0 Å². The van der Waals surface area contributed by atoms with E-state index in [0.717, 1.165) is 51.4 Å². The number of hydrogen-bond acceptors (Lipinski definition) is 13. The van der Waals surface area contributed by atoms with Gasteiger partial charge in [-0.2, -0.15) is 0 Å². The van der Waals surface area contributed by atoms with E-state index in [1.54, 1.807) is 6.08 Å². The Morgan fingerprint density at radius 1 is 0.583 bits per heavy atom. The van der Waals surface area contributed by atoms with Crippen LogP contribution < -0.4 is 5.32 Å². The first-order valence-electron chi connectivity index (χ1n) is 23.2. The van der Waals surface area contributed by atoms with Crippen molar-refractivity contribution < 1.29 is 64.6 Å². The van der Waals surface area contributed by atoms with Crippen molar-refractivity contribution in [2.24, 2.45) is 0 Å². The Balaban J connectivity index is 1.90. The summed E-state index contributed by atoms with van der Waals surface area (Å²) in [4.78, 5) is 13.1. The molecule has 0 radical (unpaired) electrons. The fraction of sp³-hybridized carbons (Fsp3) is 0.848. The van der Waals surface area contributed by atoms with Crippen molar-refractivity contribution in [1.29, 1.82) is 0 Å². The molecule has 14 nitrogen and oxygen atoms in total. The predicted octanol–water partition coefficient (Wildman–Crippen LogP) is 4.76. The minimum Gasteiger partial charge on any atom is -0.394 e. The van der Waals surface area contributed by atoms with Gasteiger partial charge in [0.2, 0.25) is 5.91 Å². The molecule has 0 aromatic heterocycles. The largest absolute Gasteiger partial charge is 0.394 e. The Kier molecular flexibility index (Phi) is 30.5. The lowest BCUT2D eigenvalue weighted by molar-refractivity contribution is -0.359. The van der Waals surface area contributed by atoms with Gasteiger partial charge in [0, 0.05) is 6.42 Å². The number of nitrogens with one attached hydrogen (secondary N) is 1. The molecular formula is C46H83NO13. The number of hydrogen-bond donors (Lipinski definition) is 9. The Hall–Kier alpha value is -1.79. The summed E-state index contributed by atoms with van der Waals surface area (Å²) < 4.78 is 22.6. The number of allylic oxidation sites excluding steroid dienone is 5. The van der Waals surface area contributed by atoms with Crippen LogP contribution in [-0.4, -0.2) is 140 Å². The van der Waals surface area contributed by atoms with Gasteiger partial charge >= 0.3 is 0 Å². The second-order valence-corrected chi connectivity index (χ2v) is 16.5. The molecule has 2 aliphatic heterocycles. The topological polar surface area (TPSA) is 228 Å². The normalized spacial score (nSPS) is 28.6. The van der Waals surface area contributed by atoms with Crippen LogP contribution in [-0.2, 0) is 23.7 Å². The molecule has 2 aliphatic rings. The molecule has 12 atom stereocenters. The van der Waals surface area contributed by atoms with Gasteiger partial charge < -0.3 is 65.1 Å². The van der Waals surface area contributed by atoms with Gasteiger partial charge in [0.25, 0.3) is 0 Å². The average molecular weight is 858 g/mol. The minimum absolute atomic E-state index is 0.262. The fourth-order valence-electron chi connectivity index (χ4n) is 7.42. The molecule has 350 valence electrons. The number of ether oxygens (including phenoxy) is 4. The molecule has 2 fully saturated rings. The standard InChI is InChI=1S/C46H83NO13/c1-3-5-7-9-11-13-15-16-17-18-20-22-24-26-28-30-38(51)47-34(35(50)29-27-25-23-21-19-14-12-10-8-6-4-2)33-57-45-43(56)41(54)44(37(32-49)59-45)60-46-42(55)40(53)39(52)36(31-48)58-46/h16-17,19,21,27,29,34-37,39-46,48-50,52-56H,3-15,18,20,22-26,28,30-33H2,1-2H3,(H,47,51)/b17-16-,21-19+,29-27+. The van der Waals surface area contributed by atoms with E-state index >= 15 is 0 Å². The maximum absolute atomic E-state index is 13.1. The van der Waals surface area contributed by atoms with Crippen LogP contribution in [0.1, 0.15) is 155 Å². The van der Waals surface area contributed by atoms with E-state index in [2.05, 4.69) is 43.5 Å². The summed E-state index contributed by atoms with van der Waals surface area (Å²) in [5, 5.41) is 86.4. The van der Waals surface area contributed by atoms with Crippen molar-refractivity contribution in [3.8, 4) is 0 Å². The first-order valence-corrected chi connectivity index (χ1v) is 23.2. The molecule has 2 rings (SSSR count). The van der Waals surface area contributed by atoms with Crippen LogP contribution >= 0.6 is 0 Å². The molecule has 0 bridgehead atoms. The summed E-state index contributed by atoms with van der Waals surface area (Å²) in [6.07, 6.45) is 19.1. The van der Waals surface area contributed by atoms with E-state index in [1.165, 1.54) is 70.6 Å². The van der Waals surface area contributed by atoms with E-state index in [0.29, 0.717) is 12.8 Å². The summed E-state index contributed by atoms with van der Waals surface area (Å²) in [6.45, 7) is 2.70. The highest BCUT2D eigenvalue weighted by atomic mass is 16.7. The van der Waals surface area contributed by atoms with E-state index < -0.39 is 86.8 Å². The summed E-state index contributed by atoms with van der Waals surface area (Å²) in [6, 6.07) is -0.931. The van der Waals surface area contributed by atoms with Gasteiger partial charge in [0.15, 0.2) is 12.6 Å². The first-order chi connectivity index (χ1) is 29.1. The van der Waals surface area contributed by atoms with Gasteiger partial charge in [-0.15, -0.1) is 0 Å². The van der Waals surface area contributed by atoms with Gasteiger partial charge in [-0.1, -0.05) is 127 Å². The molecule has 0 aliphatic carbocycles. The van der Waals surface area contributed by atoms with Crippen molar-refractivity contribution in [3.05, 3.63) is 36.5 Å². The summed E-state index contributed by atoms with van der Waals surface area (Å²) >= 11 is 0. The summed E-state index contributed by atoms with van der Waals surface area (Å²) in [5.74, 6) is -0.262. The molecule has 2 heterocycles. The molecule has 1 amide bonds. The lowest BCUT2D eigenvalue weighted by Crippen LogP contribution is -2.65. The predicted molar refractivity (Wildman–Crippen MR) is 231 cm³/mol. The third-order valence-corrected chi connectivity index (χ3v) is 11.3. The zero-order chi connectivity index (χ0) is 44.0. The Labute approximate surface area is 360 Å². The highest BCUT2D eigenvalue weighted by molar-refractivity contribution is 5.76. The molecule has 60 heavy (non-hydrogen) atoms. The second kappa shape index (κ2) is 33.7. The molecule has 12 unspecified atom stereocenters. The van der Waals surface area contributed by atoms with E-state index in [-0.39, 0.29) is 18.9 Å². The smallest absolute Gasteiger partial charge is 0.220 e. The van der Waals surface area contributed by atoms with Gasteiger partial charge in [-0.05, 0) is 57.8 Å². The Morgan fingerprint density at radius 3 is 1.63 bits per heavy atom. The van der Waals surface area contributed by atoms with Crippen LogP contribution in [0.25, 0.3) is 0 Å². The van der Waals surface area contributed by atoms with Crippen molar-refractivity contribution in [1.82, 2.24) is 5.32 Å². The third-order valence-electron chi connectivity index (χ3n) is 11.3. The number of carbonyl (C=O) groups is 1. The van der Waals surface area contributed by atoms with Crippen LogP contribution in [0.3, 0.4) is 0 Å².